The lowest BCUT2D eigenvalue weighted by atomic mass is 10.1. The molecule has 5 heteroatoms. The lowest BCUT2D eigenvalue weighted by Gasteiger charge is -2.11. The van der Waals surface area contributed by atoms with Gasteiger partial charge in [0.1, 0.15) is 0 Å². The number of Topliss-reactive ketones (excluding diaryl/α,β-unsaturated/α-hetero) is 1. The van der Waals surface area contributed by atoms with E-state index in [1.54, 1.807) is 18.2 Å². The van der Waals surface area contributed by atoms with E-state index in [0.717, 1.165) is 0 Å². The number of alkyl halides is 2. The van der Waals surface area contributed by atoms with Crippen molar-refractivity contribution in [2.24, 2.45) is 0 Å². The highest BCUT2D eigenvalue weighted by Gasteiger charge is 2.42. The van der Waals surface area contributed by atoms with Gasteiger partial charge in [0.05, 0.1) is 0 Å². The summed E-state index contributed by atoms with van der Waals surface area (Å²) in [6.45, 7) is 0. The highest BCUT2D eigenvalue weighted by atomic mass is 35.5. The minimum atomic E-state index is -2.42. The van der Waals surface area contributed by atoms with Crippen molar-refractivity contribution in [3.63, 3.8) is 0 Å². The Labute approximate surface area is 90.3 Å². The Hall–Kier alpha value is -1.06. The van der Waals surface area contributed by atoms with Crippen LogP contribution in [0.4, 0.5) is 0 Å². The maximum atomic E-state index is 11.5. The number of benzene rings is 1. The summed E-state index contributed by atoms with van der Waals surface area (Å²) in [7, 11) is 0. The molecule has 0 spiro atoms. The molecule has 0 aliphatic rings. The van der Waals surface area contributed by atoms with Gasteiger partial charge in [-0.15, -0.1) is 0 Å². The topological polar surface area (TPSA) is 54.4 Å². The van der Waals surface area contributed by atoms with Crippen LogP contribution in [0, 0.1) is 0 Å². The summed E-state index contributed by atoms with van der Waals surface area (Å²) in [6.07, 6.45) is 0. The second-order valence-corrected chi connectivity index (χ2v) is 3.90. The molecule has 0 atom stereocenters. The average molecular weight is 233 g/mol. The van der Waals surface area contributed by atoms with Crippen LogP contribution in [-0.4, -0.2) is 21.2 Å². The number of halogens is 2. The molecule has 0 heterocycles. The Morgan fingerprint density at radius 3 is 2.07 bits per heavy atom. The fourth-order valence-electron chi connectivity index (χ4n) is 0.868. The summed E-state index contributed by atoms with van der Waals surface area (Å²) in [5, 5.41) is 8.59. The van der Waals surface area contributed by atoms with Gasteiger partial charge in [0.15, 0.2) is 0 Å². The number of aliphatic carboxylic acids is 1. The standard InChI is InChI=1S/C9H6Cl2O3/c10-9(11,8(13)14)7(12)6-4-2-1-3-5-6/h1-5H,(H,13,14). The maximum Gasteiger partial charge on any atom is 0.348 e. The molecule has 14 heavy (non-hydrogen) atoms. The second-order valence-electron chi connectivity index (χ2n) is 2.57. The Balaban J connectivity index is 3.03. The van der Waals surface area contributed by atoms with Gasteiger partial charge in [-0.3, -0.25) is 4.79 Å². The SMILES string of the molecule is O=C(O)C(Cl)(Cl)C(=O)c1ccccc1. The van der Waals surface area contributed by atoms with Gasteiger partial charge in [-0.1, -0.05) is 53.5 Å². The number of hydrogen-bond acceptors (Lipinski definition) is 2. The fourth-order valence-corrected chi connectivity index (χ4v) is 1.09. The van der Waals surface area contributed by atoms with Gasteiger partial charge in [-0.05, 0) is 0 Å². The lowest BCUT2D eigenvalue weighted by molar-refractivity contribution is -0.136. The van der Waals surface area contributed by atoms with Gasteiger partial charge in [0.25, 0.3) is 4.33 Å². The number of hydrogen-bond donors (Lipinski definition) is 1. The molecule has 0 radical (unpaired) electrons. The van der Waals surface area contributed by atoms with E-state index in [2.05, 4.69) is 0 Å². The Bertz CT molecular complexity index is 360. The van der Waals surface area contributed by atoms with E-state index >= 15 is 0 Å². The molecule has 1 N–H and O–H groups in total. The molecule has 74 valence electrons. The predicted molar refractivity (Wildman–Crippen MR) is 52.8 cm³/mol. The van der Waals surface area contributed by atoms with Gasteiger partial charge in [-0.2, -0.15) is 0 Å². The maximum absolute atomic E-state index is 11.5. The number of carboxylic acids is 1. The van der Waals surface area contributed by atoms with E-state index in [1.807, 2.05) is 0 Å². The molecule has 0 fully saturated rings. The minimum Gasteiger partial charge on any atom is -0.479 e. The van der Waals surface area contributed by atoms with Crippen molar-refractivity contribution in [2.75, 3.05) is 0 Å². The van der Waals surface area contributed by atoms with Crippen molar-refractivity contribution >= 4 is 35.0 Å². The molecular formula is C9H6Cl2O3. The third-order valence-corrected chi connectivity index (χ3v) is 2.26. The van der Waals surface area contributed by atoms with Crippen LogP contribution in [0.3, 0.4) is 0 Å². The van der Waals surface area contributed by atoms with Crippen molar-refractivity contribution in [3.8, 4) is 0 Å². The van der Waals surface area contributed by atoms with E-state index in [9.17, 15) is 9.59 Å². The van der Waals surface area contributed by atoms with Gasteiger partial charge in [0.2, 0.25) is 5.78 Å². The first-order chi connectivity index (χ1) is 6.46. The smallest absolute Gasteiger partial charge is 0.348 e. The second kappa shape index (κ2) is 3.98. The molecule has 0 aliphatic heterocycles. The van der Waals surface area contributed by atoms with Crippen LogP contribution >= 0.6 is 23.2 Å². The summed E-state index contributed by atoms with van der Waals surface area (Å²) in [4.78, 5) is 22.0. The highest BCUT2D eigenvalue weighted by molar-refractivity contribution is 6.68. The number of rotatable bonds is 3. The van der Waals surface area contributed by atoms with E-state index < -0.39 is 16.1 Å². The Morgan fingerprint density at radius 1 is 1.14 bits per heavy atom. The highest BCUT2D eigenvalue weighted by Crippen LogP contribution is 2.26. The molecule has 1 aromatic rings. The number of ketones is 1. The lowest BCUT2D eigenvalue weighted by Crippen LogP contribution is -2.35. The first-order valence-corrected chi connectivity index (χ1v) is 4.43. The molecule has 1 aromatic carbocycles. The molecule has 1 rings (SSSR count). The monoisotopic (exact) mass is 232 g/mol. The van der Waals surface area contributed by atoms with Crippen LogP contribution in [0.2, 0.25) is 0 Å². The zero-order chi connectivity index (χ0) is 10.8. The molecule has 0 unspecified atom stereocenters. The van der Waals surface area contributed by atoms with E-state index in [4.69, 9.17) is 28.3 Å². The quantitative estimate of drug-likeness (QED) is 0.494. The van der Waals surface area contributed by atoms with Crippen molar-refractivity contribution < 1.29 is 14.7 Å². The Morgan fingerprint density at radius 2 is 1.64 bits per heavy atom. The predicted octanol–water partition coefficient (Wildman–Crippen LogP) is 2.13. The molecule has 0 saturated carbocycles. The zero-order valence-electron chi connectivity index (χ0n) is 6.91. The molecule has 0 aromatic heterocycles. The number of carboxylic acid groups (broad SMARTS) is 1. The summed E-state index contributed by atoms with van der Waals surface area (Å²) in [5.41, 5.74) is 0.167. The van der Waals surface area contributed by atoms with E-state index in [1.165, 1.54) is 12.1 Å². The molecule has 0 bridgehead atoms. The van der Waals surface area contributed by atoms with E-state index in [0.29, 0.717) is 0 Å². The van der Waals surface area contributed by atoms with Crippen LogP contribution in [0.15, 0.2) is 30.3 Å². The van der Waals surface area contributed by atoms with Crippen LogP contribution in [0.1, 0.15) is 10.4 Å². The summed E-state index contributed by atoms with van der Waals surface area (Å²) in [6, 6.07) is 7.79. The van der Waals surface area contributed by atoms with Gasteiger partial charge in [0, 0.05) is 5.56 Å². The van der Waals surface area contributed by atoms with Crippen molar-refractivity contribution in [1.29, 1.82) is 0 Å². The molecular weight excluding hydrogens is 227 g/mol. The average Bonchev–Trinajstić information content (AvgIpc) is 2.17. The molecule has 0 aliphatic carbocycles. The molecule has 0 saturated heterocycles. The summed E-state index contributed by atoms with van der Waals surface area (Å²) < 4.78 is -2.42. The van der Waals surface area contributed by atoms with Crippen LogP contribution in [-0.2, 0) is 4.79 Å². The Kier molecular flexibility index (Phi) is 3.13. The van der Waals surface area contributed by atoms with Gasteiger partial charge in [-0.25, -0.2) is 4.79 Å². The molecule has 0 amide bonds. The number of carbonyl (C=O) groups excluding carboxylic acids is 1. The van der Waals surface area contributed by atoms with Crippen molar-refractivity contribution in [1.82, 2.24) is 0 Å². The first kappa shape index (κ1) is 11.0. The van der Waals surface area contributed by atoms with Gasteiger partial charge >= 0.3 is 5.97 Å². The van der Waals surface area contributed by atoms with Crippen LogP contribution in [0.25, 0.3) is 0 Å². The number of carbonyl (C=O) groups is 2. The summed E-state index contributed by atoms with van der Waals surface area (Å²) >= 11 is 10.7. The zero-order valence-corrected chi connectivity index (χ0v) is 8.42. The fraction of sp³-hybridized carbons (Fsp3) is 0.111. The third kappa shape index (κ3) is 2.05. The van der Waals surface area contributed by atoms with Crippen molar-refractivity contribution in [3.05, 3.63) is 35.9 Å². The largest absolute Gasteiger partial charge is 0.479 e. The van der Waals surface area contributed by atoms with Crippen molar-refractivity contribution in [2.45, 2.75) is 4.33 Å². The van der Waals surface area contributed by atoms with Gasteiger partial charge < -0.3 is 5.11 Å². The normalized spacial score (nSPS) is 11.0. The van der Waals surface area contributed by atoms with E-state index in [-0.39, 0.29) is 5.56 Å². The van der Waals surface area contributed by atoms with Crippen LogP contribution < -0.4 is 0 Å². The third-order valence-electron chi connectivity index (χ3n) is 1.59. The minimum absolute atomic E-state index is 0.167. The first-order valence-electron chi connectivity index (χ1n) is 3.67. The molecule has 3 nitrogen and oxygen atoms in total. The summed E-state index contributed by atoms with van der Waals surface area (Å²) in [5.74, 6) is -2.41. The van der Waals surface area contributed by atoms with Crippen LogP contribution in [0.5, 0.6) is 0 Å².